The maximum atomic E-state index is 11.7. The molecule has 1 aromatic rings. The molecule has 1 heterocycles. The molecule has 1 aliphatic rings. The molecule has 2 nitrogen and oxygen atoms in total. The highest BCUT2D eigenvalue weighted by molar-refractivity contribution is 8.01. The summed E-state index contributed by atoms with van der Waals surface area (Å²) in [7, 11) is 0. The molecule has 1 aromatic carbocycles. The van der Waals surface area contributed by atoms with E-state index in [4.69, 9.17) is 6.42 Å². The number of carbonyl (C=O) groups is 1. The molecular weight excluding hydrogens is 230 g/mol. The monoisotopic (exact) mass is 245 g/mol. The minimum atomic E-state index is 0.153. The van der Waals surface area contributed by atoms with Gasteiger partial charge in [0.05, 0.1) is 17.7 Å². The van der Waals surface area contributed by atoms with Gasteiger partial charge < -0.3 is 4.90 Å². The van der Waals surface area contributed by atoms with Crippen molar-refractivity contribution in [2.45, 2.75) is 18.2 Å². The van der Waals surface area contributed by atoms with E-state index in [1.54, 1.807) is 11.8 Å². The van der Waals surface area contributed by atoms with E-state index in [2.05, 4.69) is 25.0 Å². The van der Waals surface area contributed by atoms with Crippen molar-refractivity contribution in [1.29, 1.82) is 0 Å². The number of benzene rings is 1. The standard InChI is InChI=1S/C14H15NOS/c1-3-9-15-13(16)10-17-14(15)11(2)12-7-5-4-6-8-12/h1,4-8,11,14H,9-10H2,2H3. The molecule has 0 radical (unpaired) electrons. The summed E-state index contributed by atoms with van der Waals surface area (Å²) in [6.45, 7) is 2.56. The molecule has 2 rings (SSSR count). The Kier molecular flexibility index (Phi) is 3.75. The third kappa shape index (κ3) is 2.48. The SMILES string of the molecule is C#CCN1C(=O)CSC1C(C)c1ccccc1. The predicted octanol–water partition coefficient (Wildman–Crippen LogP) is 2.32. The largest absolute Gasteiger partial charge is 0.318 e. The minimum absolute atomic E-state index is 0.153. The Morgan fingerprint density at radius 2 is 2.24 bits per heavy atom. The van der Waals surface area contributed by atoms with Gasteiger partial charge in [-0.3, -0.25) is 4.79 Å². The number of rotatable bonds is 3. The van der Waals surface area contributed by atoms with Crippen molar-refractivity contribution in [3.63, 3.8) is 0 Å². The fraction of sp³-hybridized carbons (Fsp3) is 0.357. The fourth-order valence-corrected chi connectivity index (χ4v) is 3.38. The summed E-state index contributed by atoms with van der Waals surface area (Å²) >= 11 is 1.68. The van der Waals surface area contributed by atoms with Crippen LogP contribution >= 0.6 is 11.8 Å². The van der Waals surface area contributed by atoms with Gasteiger partial charge in [0.2, 0.25) is 5.91 Å². The molecule has 2 atom stereocenters. The highest BCUT2D eigenvalue weighted by atomic mass is 32.2. The van der Waals surface area contributed by atoms with Crippen molar-refractivity contribution in [3.8, 4) is 12.3 Å². The van der Waals surface area contributed by atoms with Crippen LogP contribution in [-0.2, 0) is 4.79 Å². The molecular formula is C14H15NOS. The number of hydrogen-bond acceptors (Lipinski definition) is 2. The molecule has 17 heavy (non-hydrogen) atoms. The van der Waals surface area contributed by atoms with Crippen LogP contribution in [0.3, 0.4) is 0 Å². The average molecular weight is 245 g/mol. The summed E-state index contributed by atoms with van der Waals surface area (Å²) in [6, 6.07) is 10.3. The first-order valence-electron chi connectivity index (χ1n) is 5.63. The van der Waals surface area contributed by atoms with Crippen LogP contribution in [0.15, 0.2) is 30.3 Å². The zero-order chi connectivity index (χ0) is 12.3. The second-order valence-corrected chi connectivity index (χ2v) is 5.23. The van der Waals surface area contributed by atoms with Crippen LogP contribution in [0.4, 0.5) is 0 Å². The lowest BCUT2D eigenvalue weighted by atomic mass is 10.0. The van der Waals surface area contributed by atoms with E-state index in [0.717, 1.165) is 0 Å². The zero-order valence-electron chi connectivity index (χ0n) is 9.80. The number of carbonyl (C=O) groups excluding carboxylic acids is 1. The number of thioether (sulfide) groups is 1. The van der Waals surface area contributed by atoms with Crippen molar-refractivity contribution in [1.82, 2.24) is 4.90 Å². The van der Waals surface area contributed by atoms with E-state index in [1.165, 1.54) is 5.56 Å². The van der Waals surface area contributed by atoms with E-state index in [9.17, 15) is 4.79 Å². The normalized spacial score (nSPS) is 21.3. The van der Waals surface area contributed by atoms with Crippen molar-refractivity contribution < 1.29 is 4.79 Å². The maximum absolute atomic E-state index is 11.7. The summed E-state index contributed by atoms with van der Waals surface area (Å²) in [6.07, 6.45) is 5.32. The molecule has 1 amide bonds. The molecule has 0 saturated carbocycles. The van der Waals surface area contributed by atoms with Gasteiger partial charge in [0, 0.05) is 5.92 Å². The molecule has 88 valence electrons. The third-order valence-corrected chi connectivity index (χ3v) is 4.44. The van der Waals surface area contributed by atoms with Gasteiger partial charge in [-0.15, -0.1) is 18.2 Å². The summed E-state index contributed by atoms with van der Waals surface area (Å²) in [5, 5.41) is 0.168. The van der Waals surface area contributed by atoms with Crippen LogP contribution in [0.25, 0.3) is 0 Å². The van der Waals surface area contributed by atoms with Crippen LogP contribution in [0.5, 0.6) is 0 Å². The van der Waals surface area contributed by atoms with Gasteiger partial charge in [-0.25, -0.2) is 0 Å². The molecule has 0 spiro atoms. The lowest BCUT2D eigenvalue weighted by Gasteiger charge is -2.27. The molecule has 1 aliphatic heterocycles. The Morgan fingerprint density at radius 1 is 1.53 bits per heavy atom. The quantitative estimate of drug-likeness (QED) is 0.762. The molecule has 0 aromatic heterocycles. The number of hydrogen-bond donors (Lipinski definition) is 0. The Labute approximate surface area is 106 Å². The molecule has 1 saturated heterocycles. The Balaban J connectivity index is 2.17. The van der Waals surface area contributed by atoms with E-state index in [1.807, 2.05) is 23.1 Å². The molecule has 0 N–H and O–H groups in total. The fourth-order valence-electron chi connectivity index (χ4n) is 2.08. The third-order valence-electron chi connectivity index (χ3n) is 3.02. The lowest BCUT2D eigenvalue weighted by molar-refractivity contribution is -0.127. The molecule has 3 heteroatoms. The average Bonchev–Trinajstić information content (AvgIpc) is 2.72. The Hall–Kier alpha value is -1.40. The highest BCUT2D eigenvalue weighted by Crippen LogP contribution is 2.35. The second-order valence-electron chi connectivity index (χ2n) is 4.13. The topological polar surface area (TPSA) is 20.3 Å². The molecule has 2 unspecified atom stereocenters. The first kappa shape index (κ1) is 12.1. The number of nitrogens with zero attached hydrogens (tertiary/aromatic N) is 1. The molecule has 1 fully saturated rings. The van der Waals surface area contributed by atoms with E-state index >= 15 is 0 Å². The van der Waals surface area contributed by atoms with Crippen LogP contribution in [0.2, 0.25) is 0 Å². The highest BCUT2D eigenvalue weighted by Gasteiger charge is 2.35. The van der Waals surface area contributed by atoms with Gasteiger partial charge in [0.15, 0.2) is 0 Å². The predicted molar refractivity (Wildman–Crippen MR) is 71.6 cm³/mol. The van der Waals surface area contributed by atoms with Crippen molar-refractivity contribution in [3.05, 3.63) is 35.9 Å². The minimum Gasteiger partial charge on any atom is -0.318 e. The molecule has 0 aliphatic carbocycles. The van der Waals surface area contributed by atoms with Gasteiger partial charge >= 0.3 is 0 Å². The lowest BCUT2D eigenvalue weighted by Crippen LogP contribution is -2.36. The van der Waals surface area contributed by atoms with Crippen LogP contribution in [-0.4, -0.2) is 28.5 Å². The smallest absolute Gasteiger partial charge is 0.234 e. The van der Waals surface area contributed by atoms with Gasteiger partial charge in [-0.1, -0.05) is 43.2 Å². The molecule has 0 bridgehead atoms. The van der Waals surface area contributed by atoms with Crippen molar-refractivity contribution in [2.24, 2.45) is 0 Å². The second kappa shape index (κ2) is 5.29. The van der Waals surface area contributed by atoms with Crippen LogP contribution < -0.4 is 0 Å². The maximum Gasteiger partial charge on any atom is 0.234 e. The summed E-state index contributed by atoms with van der Waals surface area (Å²) in [5.41, 5.74) is 1.25. The van der Waals surface area contributed by atoms with E-state index < -0.39 is 0 Å². The van der Waals surface area contributed by atoms with Gasteiger partial charge in [-0.2, -0.15) is 0 Å². The Morgan fingerprint density at radius 3 is 2.88 bits per heavy atom. The van der Waals surface area contributed by atoms with Gasteiger partial charge in [0.1, 0.15) is 0 Å². The summed E-state index contributed by atoms with van der Waals surface area (Å²) < 4.78 is 0. The van der Waals surface area contributed by atoms with E-state index in [0.29, 0.717) is 18.2 Å². The van der Waals surface area contributed by atoms with Crippen molar-refractivity contribution >= 4 is 17.7 Å². The van der Waals surface area contributed by atoms with Crippen LogP contribution in [0.1, 0.15) is 18.4 Å². The first-order chi connectivity index (χ1) is 8.24. The van der Waals surface area contributed by atoms with Crippen LogP contribution in [0, 0.1) is 12.3 Å². The first-order valence-corrected chi connectivity index (χ1v) is 6.68. The van der Waals surface area contributed by atoms with Crippen molar-refractivity contribution in [2.75, 3.05) is 12.3 Å². The number of amides is 1. The Bertz CT molecular complexity index is 437. The zero-order valence-corrected chi connectivity index (χ0v) is 10.6. The van der Waals surface area contributed by atoms with Gasteiger partial charge in [0.25, 0.3) is 0 Å². The number of terminal acetylenes is 1. The summed E-state index contributed by atoms with van der Waals surface area (Å²) in [4.78, 5) is 13.5. The van der Waals surface area contributed by atoms with E-state index in [-0.39, 0.29) is 11.3 Å². The van der Waals surface area contributed by atoms with Gasteiger partial charge in [-0.05, 0) is 5.56 Å². The summed E-state index contributed by atoms with van der Waals surface area (Å²) in [5.74, 6) is 3.57.